The molecule has 0 aromatic heterocycles. The molecule has 5 aliphatic carbocycles. The molecule has 52 heavy (non-hydrogen) atoms. The number of esters is 1. The summed E-state index contributed by atoms with van der Waals surface area (Å²) in [5.41, 5.74) is 2.94. The molecule has 4 saturated carbocycles. The van der Waals surface area contributed by atoms with Crippen LogP contribution in [0.3, 0.4) is 0 Å². The number of aliphatic carboxylic acids is 1. The molecule has 8 unspecified atom stereocenters. The molecular formula is C45H66ClNO5. The molecule has 6 rings (SSSR count). The molecule has 0 aliphatic heterocycles. The second-order valence-electron chi connectivity index (χ2n) is 20.3. The lowest BCUT2D eigenvalue weighted by Gasteiger charge is -2.72. The molecule has 0 amide bonds. The van der Waals surface area contributed by atoms with Gasteiger partial charge >= 0.3 is 11.9 Å². The van der Waals surface area contributed by atoms with Crippen molar-refractivity contribution in [1.82, 2.24) is 4.90 Å². The van der Waals surface area contributed by atoms with Gasteiger partial charge in [0, 0.05) is 28.8 Å². The van der Waals surface area contributed by atoms with E-state index in [1.807, 2.05) is 12.1 Å². The maximum absolute atomic E-state index is 14.1. The highest BCUT2D eigenvalue weighted by Crippen LogP contribution is 2.77. The minimum Gasteiger partial charge on any atom is -0.481 e. The molecule has 0 saturated heterocycles. The monoisotopic (exact) mass is 735 g/mol. The lowest BCUT2D eigenvalue weighted by Crippen LogP contribution is -2.65. The van der Waals surface area contributed by atoms with Crippen molar-refractivity contribution in [3.63, 3.8) is 0 Å². The largest absolute Gasteiger partial charge is 0.481 e. The Morgan fingerprint density at radius 3 is 2.25 bits per heavy atom. The van der Waals surface area contributed by atoms with Crippen LogP contribution in [0.5, 0.6) is 0 Å². The first-order chi connectivity index (χ1) is 24.1. The first-order valence-electron chi connectivity index (χ1n) is 20.2. The maximum atomic E-state index is 14.1. The predicted molar refractivity (Wildman–Crippen MR) is 208 cm³/mol. The van der Waals surface area contributed by atoms with E-state index in [4.69, 9.17) is 16.3 Å². The van der Waals surface area contributed by atoms with E-state index in [1.54, 1.807) is 19.4 Å². The van der Waals surface area contributed by atoms with Gasteiger partial charge in [0.25, 0.3) is 0 Å². The summed E-state index contributed by atoms with van der Waals surface area (Å²) in [7, 11) is 2.21. The summed E-state index contributed by atoms with van der Waals surface area (Å²) in [6.45, 7) is 21.9. The number of Topliss-reactive ketones (excluding diaryl/α,β-unsaturated/α-hetero) is 1. The smallest absolute Gasteiger partial charge is 0.309 e. The number of carbonyl (C=O) groups excluding carboxylic acids is 2. The molecule has 1 aromatic carbocycles. The number of carbonyl (C=O) groups is 3. The highest BCUT2D eigenvalue weighted by Gasteiger charge is 2.70. The Hall–Kier alpha value is -2.18. The Morgan fingerprint density at radius 1 is 0.942 bits per heavy atom. The van der Waals surface area contributed by atoms with Crippen LogP contribution in [0.4, 0.5) is 0 Å². The summed E-state index contributed by atoms with van der Waals surface area (Å²) in [6.07, 6.45) is 10.0. The van der Waals surface area contributed by atoms with Gasteiger partial charge < -0.3 is 14.7 Å². The Labute approximate surface area is 318 Å². The number of fused-ring (bicyclic) bond motifs is 7. The van der Waals surface area contributed by atoms with Crippen LogP contribution >= 0.6 is 11.6 Å². The molecule has 0 bridgehead atoms. The molecule has 0 spiro atoms. The average Bonchev–Trinajstić information content (AvgIpc) is 3.35. The molecule has 8 atom stereocenters. The van der Waals surface area contributed by atoms with E-state index in [1.165, 1.54) is 12.0 Å². The van der Waals surface area contributed by atoms with Gasteiger partial charge in [0.1, 0.15) is 6.10 Å². The topological polar surface area (TPSA) is 83.9 Å². The van der Waals surface area contributed by atoms with E-state index in [-0.39, 0.29) is 45.5 Å². The van der Waals surface area contributed by atoms with Crippen LogP contribution in [-0.2, 0) is 25.7 Å². The van der Waals surface area contributed by atoms with Gasteiger partial charge in [-0.1, -0.05) is 77.8 Å². The van der Waals surface area contributed by atoms with Crippen LogP contribution in [0.1, 0.15) is 139 Å². The number of rotatable bonds is 10. The minimum absolute atomic E-state index is 0.0431. The van der Waals surface area contributed by atoms with Crippen LogP contribution in [0, 0.1) is 56.2 Å². The number of ether oxygens (including phenoxy) is 1. The number of hydrogen-bond acceptors (Lipinski definition) is 5. The van der Waals surface area contributed by atoms with Crippen LogP contribution in [0.2, 0.25) is 5.02 Å². The van der Waals surface area contributed by atoms with E-state index >= 15 is 0 Å². The summed E-state index contributed by atoms with van der Waals surface area (Å²) in [5.74, 6) is 0.655. The third-order valence-electron chi connectivity index (χ3n) is 16.3. The van der Waals surface area contributed by atoms with Crippen molar-refractivity contribution < 1.29 is 24.2 Å². The van der Waals surface area contributed by atoms with Crippen molar-refractivity contribution in [2.24, 2.45) is 56.2 Å². The minimum atomic E-state index is -1.15. The molecule has 7 heteroatoms. The van der Waals surface area contributed by atoms with Crippen molar-refractivity contribution in [3.8, 4) is 0 Å². The predicted octanol–water partition coefficient (Wildman–Crippen LogP) is 10.6. The van der Waals surface area contributed by atoms with Gasteiger partial charge in [0.2, 0.25) is 0 Å². The fourth-order valence-electron chi connectivity index (χ4n) is 13.3. The van der Waals surface area contributed by atoms with Crippen LogP contribution in [0.25, 0.3) is 0 Å². The zero-order valence-electron chi connectivity index (χ0n) is 33.8. The van der Waals surface area contributed by atoms with Gasteiger partial charge in [-0.15, -0.1) is 0 Å². The number of ketones is 1. The third kappa shape index (κ3) is 6.32. The van der Waals surface area contributed by atoms with E-state index in [0.29, 0.717) is 30.0 Å². The van der Waals surface area contributed by atoms with Gasteiger partial charge in [-0.25, -0.2) is 0 Å². The number of halogens is 1. The quantitative estimate of drug-likeness (QED) is 0.241. The number of benzene rings is 1. The molecule has 0 heterocycles. The summed E-state index contributed by atoms with van der Waals surface area (Å²) >= 11 is 6.16. The van der Waals surface area contributed by atoms with Gasteiger partial charge in [0.05, 0.1) is 11.8 Å². The first-order valence-corrected chi connectivity index (χ1v) is 20.6. The van der Waals surface area contributed by atoms with Gasteiger partial charge in [0.15, 0.2) is 5.78 Å². The van der Waals surface area contributed by atoms with E-state index in [9.17, 15) is 19.5 Å². The van der Waals surface area contributed by atoms with Crippen LogP contribution < -0.4 is 0 Å². The lowest BCUT2D eigenvalue weighted by atomic mass is 9.33. The Balaban J connectivity index is 1.25. The number of nitrogens with zero attached hydrogens (tertiary/aromatic N) is 1. The highest BCUT2D eigenvalue weighted by atomic mass is 35.5. The molecule has 288 valence electrons. The number of allylic oxidation sites excluding steroid dienone is 2. The Morgan fingerprint density at radius 2 is 1.62 bits per heavy atom. The third-order valence-corrected chi connectivity index (χ3v) is 16.5. The van der Waals surface area contributed by atoms with Crippen molar-refractivity contribution in [1.29, 1.82) is 0 Å². The molecule has 1 N–H and O–H groups in total. The summed E-state index contributed by atoms with van der Waals surface area (Å²) < 4.78 is 6.18. The summed E-state index contributed by atoms with van der Waals surface area (Å²) in [4.78, 5) is 41.3. The van der Waals surface area contributed by atoms with E-state index in [2.05, 4.69) is 72.5 Å². The second-order valence-corrected chi connectivity index (χ2v) is 20.7. The average molecular weight is 736 g/mol. The van der Waals surface area contributed by atoms with Crippen molar-refractivity contribution in [2.75, 3.05) is 13.6 Å². The highest BCUT2D eigenvalue weighted by molar-refractivity contribution is 6.30. The fraction of sp³-hybridized carbons (Fsp3) is 0.756. The summed E-state index contributed by atoms with van der Waals surface area (Å²) in [6, 6.07) is 8.16. The van der Waals surface area contributed by atoms with Gasteiger partial charge in [-0.05, 0) is 148 Å². The fourth-order valence-corrected chi connectivity index (χ4v) is 13.4. The van der Waals surface area contributed by atoms with E-state index < -0.39 is 17.4 Å². The SMILES string of the molecule is CC(C)C1=C2C3CCC4C5(C)CCC(OC(=O)CC(C)(C)C(=O)O)C(C)(C)C5CCC4(C)C3(C)CCC2(CCN(C)Cc2ccc(Cl)cc2)CC1=O. The number of carboxylic acids is 1. The molecule has 0 radical (unpaired) electrons. The normalized spacial score (nSPS) is 37.0. The lowest BCUT2D eigenvalue weighted by molar-refractivity contribution is -0.233. The summed E-state index contributed by atoms with van der Waals surface area (Å²) in [5, 5.41) is 10.4. The number of carboxylic acid groups (broad SMARTS) is 1. The number of hydrogen-bond donors (Lipinski definition) is 1. The van der Waals surface area contributed by atoms with Crippen LogP contribution in [0.15, 0.2) is 35.4 Å². The zero-order valence-corrected chi connectivity index (χ0v) is 34.5. The first kappa shape index (κ1) is 39.5. The van der Waals surface area contributed by atoms with Gasteiger partial charge in [-0.3, -0.25) is 14.4 Å². The molecule has 4 fully saturated rings. The van der Waals surface area contributed by atoms with E-state index in [0.717, 1.165) is 75.1 Å². The van der Waals surface area contributed by atoms with Crippen molar-refractivity contribution in [2.45, 2.75) is 146 Å². The Kier molecular flexibility index (Phi) is 10.3. The molecule has 5 aliphatic rings. The standard InChI is InChI=1S/C45H66ClNO5/c1-28(2)37-32(48)25-45(23-24-47(10)27-29-11-13-30(46)14-12-29)22-21-43(8)31(38(37)45)15-16-34-42(7)19-18-35(52-36(49)26-40(3,4)39(50)51)41(5,6)33(42)17-20-44(34,43)9/h11-14,28,31,33-35H,15-27H2,1-10H3,(H,50,51). The van der Waals surface area contributed by atoms with Gasteiger partial charge in [-0.2, -0.15) is 0 Å². The Bertz CT molecular complexity index is 1610. The second kappa shape index (κ2) is 13.5. The van der Waals surface area contributed by atoms with Crippen molar-refractivity contribution in [3.05, 3.63) is 46.0 Å². The molecule has 6 nitrogen and oxygen atoms in total. The molecule has 1 aromatic rings. The van der Waals surface area contributed by atoms with Crippen molar-refractivity contribution >= 4 is 29.3 Å². The zero-order chi connectivity index (χ0) is 38.2. The molecular weight excluding hydrogens is 670 g/mol. The maximum Gasteiger partial charge on any atom is 0.309 e. The van der Waals surface area contributed by atoms with Crippen LogP contribution in [-0.4, -0.2) is 47.4 Å².